The molecule has 2 aromatic carbocycles. The van der Waals surface area contributed by atoms with Crippen molar-refractivity contribution in [2.75, 3.05) is 13.1 Å². The number of para-hydroxylation sites is 1. The summed E-state index contributed by atoms with van der Waals surface area (Å²) in [5.74, 6) is 0.184. The zero-order chi connectivity index (χ0) is 18.5. The maximum Gasteiger partial charge on any atom is 0.254 e. The molecule has 1 aliphatic heterocycles. The van der Waals surface area contributed by atoms with Gasteiger partial charge in [0.1, 0.15) is 18.4 Å². The van der Waals surface area contributed by atoms with Crippen molar-refractivity contribution in [1.29, 1.82) is 5.26 Å². The molecule has 6 heteroatoms. The van der Waals surface area contributed by atoms with Gasteiger partial charge in [0.25, 0.3) is 5.91 Å². The van der Waals surface area contributed by atoms with Gasteiger partial charge in [-0.15, -0.1) is 0 Å². The van der Waals surface area contributed by atoms with Crippen LogP contribution >= 0.6 is 0 Å². The highest BCUT2D eigenvalue weighted by molar-refractivity contribution is 5.97. The molecule has 1 fully saturated rings. The highest BCUT2D eigenvalue weighted by atomic mass is 16.5. The number of nitriles is 1. The molecular weight excluding hydrogens is 330 g/mol. The molecule has 0 saturated carbocycles. The molecule has 0 bridgehead atoms. The van der Waals surface area contributed by atoms with Crippen molar-refractivity contribution >= 4 is 11.8 Å². The van der Waals surface area contributed by atoms with Crippen LogP contribution in [0.4, 0.5) is 0 Å². The molecular formula is C20H19N3O3. The van der Waals surface area contributed by atoms with Crippen molar-refractivity contribution in [3.8, 4) is 11.8 Å². The summed E-state index contributed by atoms with van der Waals surface area (Å²) < 4.78 is 5.72. The van der Waals surface area contributed by atoms with E-state index in [0.29, 0.717) is 23.4 Å². The van der Waals surface area contributed by atoms with E-state index in [2.05, 4.69) is 11.4 Å². The first-order valence-corrected chi connectivity index (χ1v) is 8.36. The minimum Gasteiger partial charge on any atom is -0.488 e. The van der Waals surface area contributed by atoms with E-state index >= 15 is 0 Å². The Morgan fingerprint density at radius 1 is 1.31 bits per heavy atom. The molecule has 2 aromatic rings. The van der Waals surface area contributed by atoms with Crippen molar-refractivity contribution in [2.24, 2.45) is 0 Å². The van der Waals surface area contributed by atoms with Gasteiger partial charge in [-0.05, 0) is 36.8 Å². The first kappa shape index (κ1) is 17.5. The van der Waals surface area contributed by atoms with Crippen LogP contribution in [0.15, 0.2) is 48.5 Å². The van der Waals surface area contributed by atoms with E-state index in [0.717, 1.165) is 5.56 Å². The molecule has 0 spiro atoms. The lowest BCUT2D eigenvalue weighted by atomic mass is 10.1. The summed E-state index contributed by atoms with van der Waals surface area (Å²) in [6.45, 7) is 2.67. The van der Waals surface area contributed by atoms with Gasteiger partial charge in [-0.2, -0.15) is 5.26 Å². The number of nitrogens with one attached hydrogen (secondary N) is 1. The summed E-state index contributed by atoms with van der Waals surface area (Å²) in [4.78, 5) is 25.9. The van der Waals surface area contributed by atoms with Crippen LogP contribution < -0.4 is 10.1 Å². The van der Waals surface area contributed by atoms with Gasteiger partial charge < -0.3 is 15.0 Å². The van der Waals surface area contributed by atoms with E-state index < -0.39 is 0 Å². The second kappa shape index (κ2) is 7.70. The molecule has 0 aliphatic carbocycles. The molecule has 0 aromatic heterocycles. The van der Waals surface area contributed by atoms with Gasteiger partial charge in [0, 0.05) is 18.2 Å². The largest absolute Gasteiger partial charge is 0.488 e. The maximum atomic E-state index is 12.7. The van der Waals surface area contributed by atoms with Crippen LogP contribution in [0.3, 0.4) is 0 Å². The molecule has 26 heavy (non-hydrogen) atoms. The molecule has 1 aliphatic rings. The smallest absolute Gasteiger partial charge is 0.254 e. The van der Waals surface area contributed by atoms with Crippen LogP contribution in [0.2, 0.25) is 0 Å². The fourth-order valence-electron chi connectivity index (χ4n) is 2.91. The summed E-state index contributed by atoms with van der Waals surface area (Å²) >= 11 is 0. The second-order valence-corrected chi connectivity index (χ2v) is 6.25. The number of nitrogens with zero attached hydrogens (tertiary/aromatic N) is 2. The molecule has 1 heterocycles. The predicted octanol–water partition coefficient (Wildman–Crippen LogP) is 2.10. The fraction of sp³-hybridized carbons (Fsp3) is 0.250. The summed E-state index contributed by atoms with van der Waals surface area (Å²) in [5, 5.41) is 11.9. The van der Waals surface area contributed by atoms with Crippen molar-refractivity contribution in [1.82, 2.24) is 10.2 Å². The number of hydrogen-bond donors (Lipinski definition) is 1. The molecule has 1 N–H and O–H groups in total. The van der Waals surface area contributed by atoms with Crippen molar-refractivity contribution < 1.29 is 14.3 Å². The van der Waals surface area contributed by atoms with Crippen molar-refractivity contribution in [2.45, 2.75) is 19.6 Å². The Labute approximate surface area is 152 Å². The number of ether oxygens (including phenoxy) is 1. The first-order valence-electron chi connectivity index (χ1n) is 8.36. The number of carbonyl (C=O) groups is 2. The Kier molecular flexibility index (Phi) is 5.18. The summed E-state index contributed by atoms with van der Waals surface area (Å²) in [5.41, 5.74) is 1.80. The quantitative estimate of drug-likeness (QED) is 0.916. The summed E-state index contributed by atoms with van der Waals surface area (Å²) in [7, 11) is 0. The van der Waals surface area contributed by atoms with Crippen LogP contribution in [0.25, 0.3) is 0 Å². The van der Waals surface area contributed by atoms with E-state index in [1.54, 1.807) is 47.4 Å². The molecule has 2 amide bonds. The Bertz CT molecular complexity index is 873. The molecule has 3 rings (SSSR count). The Balaban J connectivity index is 1.71. The average molecular weight is 349 g/mol. The molecule has 1 atom stereocenters. The van der Waals surface area contributed by atoms with Gasteiger partial charge in [0.15, 0.2) is 0 Å². The van der Waals surface area contributed by atoms with E-state index in [1.807, 2.05) is 13.0 Å². The highest BCUT2D eigenvalue weighted by Gasteiger charge is 2.26. The van der Waals surface area contributed by atoms with Crippen molar-refractivity contribution in [3.05, 3.63) is 65.2 Å². The third kappa shape index (κ3) is 4.01. The number of hydrogen-bond acceptors (Lipinski definition) is 4. The highest BCUT2D eigenvalue weighted by Crippen LogP contribution is 2.19. The van der Waals surface area contributed by atoms with Crippen molar-refractivity contribution in [3.63, 3.8) is 0 Å². The van der Waals surface area contributed by atoms with Crippen LogP contribution in [0, 0.1) is 11.3 Å². The molecule has 132 valence electrons. The third-order valence-corrected chi connectivity index (χ3v) is 4.10. The fourth-order valence-corrected chi connectivity index (χ4v) is 2.91. The van der Waals surface area contributed by atoms with Crippen LogP contribution in [-0.4, -0.2) is 35.8 Å². The van der Waals surface area contributed by atoms with Gasteiger partial charge in [-0.1, -0.05) is 24.3 Å². The zero-order valence-corrected chi connectivity index (χ0v) is 14.4. The molecule has 0 radical (unpaired) electrons. The normalized spacial score (nSPS) is 16.5. The number of amides is 2. The van der Waals surface area contributed by atoms with Gasteiger partial charge >= 0.3 is 0 Å². The number of rotatable bonds is 4. The van der Waals surface area contributed by atoms with E-state index in [9.17, 15) is 9.59 Å². The number of carbonyl (C=O) groups excluding carboxylic acids is 2. The first-order chi connectivity index (χ1) is 12.6. The van der Waals surface area contributed by atoms with E-state index in [-0.39, 0.29) is 31.0 Å². The minimum atomic E-state index is -0.175. The van der Waals surface area contributed by atoms with E-state index in [4.69, 9.17) is 10.00 Å². The topological polar surface area (TPSA) is 82.4 Å². The standard InChI is InChI=1S/C20H19N3O3/c1-14-11-23(12-19(24)22-14)20(25)16-7-4-5-15(9-16)13-26-18-8-3-2-6-17(18)10-21/h2-9,14H,11-13H2,1H3,(H,22,24). The predicted molar refractivity (Wildman–Crippen MR) is 95.4 cm³/mol. The van der Waals surface area contributed by atoms with Gasteiger partial charge in [0.05, 0.1) is 12.1 Å². The Hall–Kier alpha value is -3.33. The van der Waals surface area contributed by atoms with E-state index in [1.165, 1.54) is 0 Å². The monoisotopic (exact) mass is 349 g/mol. The maximum absolute atomic E-state index is 12.7. The molecule has 1 saturated heterocycles. The molecule has 6 nitrogen and oxygen atoms in total. The number of benzene rings is 2. The van der Waals surface area contributed by atoms with Crippen LogP contribution in [-0.2, 0) is 11.4 Å². The summed E-state index contributed by atoms with van der Waals surface area (Å²) in [6, 6.07) is 16.2. The van der Waals surface area contributed by atoms with Gasteiger partial charge in [0.2, 0.25) is 5.91 Å². The second-order valence-electron chi connectivity index (χ2n) is 6.25. The lowest BCUT2D eigenvalue weighted by Gasteiger charge is -2.31. The van der Waals surface area contributed by atoms with Gasteiger partial charge in [-0.3, -0.25) is 9.59 Å². The lowest BCUT2D eigenvalue weighted by molar-refractivity contribution is -0.124. The van der Waals surface area contributed by atoms with Crippen LogP contribution in [0.1, 0.15) is 28.4 Å². The zero-order valence-electron chi connectivity index (χ0n) is 14.4. The average Bonchev–Trinajstić information content (AvgIpc) is 2.65. The minimum absolute atomic E-state index is 0.0609. The van der Waals surface area contributed by atoms with Crippen LogP contribution in [0.5, 0.6) is 5.75 Å². The SMILES string of the molecule is CC1CN(C(=O)c2cccc(COc3ccccc3C#N)c2)CC(=O)N1. The Morgan fingerprint density at radius 2 is 2.12 bits per heavy atom. The number of piperazine rings is 1. The lowest BCUT2D eigenvalue weighted by Crippen LogP contribution is -2.54. The molecule has 1 unspecified atom stereocenters. The third-order valence-electron chi connectivity index (χ3n) is 4.10. The summed E-state index contributed by atoms with van der Waals surface area (Å²) in [6.07, 6.45) is 0. The van der Waals surface area contributed by atoms with Gasteiger partial charge in [-0.25, -0.2) is 0 Å². The Morgan fingerprint density at radius 3 is 2.88 bits per heavy atom.